The van der Waals surface area contributed by atoms with Crippen LogP contribution >= 0.6 is 0 Å². The van der Waals surface area contributed by atoms with Crippen molar-refractivity contribution >= 4 is 17.3 Å². The number of hydrogen-bond donors (Lipinski definition) is 4. The van der Waals surface area contributed by atoms with E-state index in [0.29, 0.717) is 17.1 Å². The van der Waals surface area contributed by atoms with E-state index >= 15 is 0 Å². The summed E-state index contributed by atoms with van der Waals surface area (Å²) >= 11 is 0. The Hall–Kier alpha value is -1.83. The molecule has 0 spiro atoms. The van der Waals surface area contributed by atoms with Crippen LogP contribution in [0.25, 0.3) is 0 Å². The second-order valence-corrected chi connectivity index (χ2v) is 4.84. The first-order chi connectivity index (χ1) is 9.49. The van der Waals surface area contributed by atoms with E-state index in [9.17, 15) is 15.0 Å². The minimum absolute atomic E-state index is 0.0894. The summed E-state index contributed by atoms with van der Waals surface area (Å²) in [4.78, 5) is 13.6. The Bertz CT molecular complexity index is 485. The van der Waals surface area contributed by atoms with E-state index in [1.165, 1.54) is 7.11 Å². The van der Waals surface area contributed by atoms with Crippen LogP contribution in [0.3, 0.4) is 0 Å². The van der Waals surface area contributed by atoms with E-state index in [1.54, 1.807) is 23.1 Å². The monoisotopic (exact) mass is 281 g/mol. The van der Waals surface area contributed by atoms with Gasteiger partial charge in [-0.15, -0.1) is 0 Å². The van der Waals surface area contributed by atoms with Crippen molar-refractivity contribution in [3.05, 3.63) is 18.2 Å². The molecule has 1 fully saturated rings. The summed E-state index contributed by atoms with van der Waals surface area (Å²) in [7, 11) is 1.51. The van der Waals surface area contributed by atoms with Gasteiger partial charge in [-0.05, 0) is 18.2 Å². The maximum absolute atomic E-state index is 11.9. The molecule has 20 heavy (non-hydrogen) atoms. The molecule has 1 aromatic carbocycles. The van der Waals surface area contributed by atoms with Gasteiger partial charge in [0.05, 0.1) is 31.5 Å². The molecule has 1 heterocycles. The minimum atomic E-state index is -0.801. The number of aliphatic hydroxyl groups excluding tert-OH is 2. The van der Waals surface area contributed by atoms with Crippen LogP contribution in [-0.2, 0) is 4.79 Å². The molecule has 0 bridgehead atoms. The van der Waals surface area contributed by atoms with Crippen LogP contribution < -0.4 is 15.8 Å². The predicted octanol–water partition coefficient (Wildman–Crippen LogP) is -0.747. The minimum Gasteiger partial charge on any atom is -0.495 e. The first kappa shape index (κ1) is 14.6. The summed E-state index contributed by atoms with van der Waals surface area (Å²) in [6.07, 6.45) is -1.60. The number of amides is 1. The average Bonchev–Trinajstić information content (AvgIpc) is 2.68. The lowest BCUT2D eigenvalue weighted by molar-refractivity contribution is -0.117. The molecule has 7 nitrogen and oxygen atoms in total. The quantitative estimate of drug-likeness (QED) is 0.541. The molecule has 110 valence electrons. The van der Waals surface area contributed by atoms with Crippen molar-refractivity contribution in [2.45, 2.75) is 12.2 Å². The van der Waals surface area contributed by atoms with Crippen molar-refractivity contribution in [3.63, 3.8) is 0 Å². The van der Waals surface area contributed by atoms with Crippen LogP contribution in [0.15, 0.2) is 18.2 Å². The van der Waals surface area contributed by atoms with Crippen LogP contribution in [-0.4, -0.2) is 60.0 Å². The summed E-state index contributed by atoms with van der Waals surface area (Å²) in [6, 6.07) is 4.97. The fourth-order valence-corrected chi connectivity index (χ4v) is 2.19. The second kappa shape index (κ2) is 6.08. The fraction of sp³-hybridized carbons (Fsp3) is 0.462. The van der Waals surface area contributed by atoms with Gasteiger partial charge in [0.25, 0.3) is 0 Å². The third-order valence-electron chi connectivity index (χ3n) is 3.20. The first-order valence-electron chi connectivity index (χ1n) is 6.31. The molecular weight excluding hydrogens is 262 g/mol. The molecule has 0 radical (unpaired) electrons. The van der Waals surface area contributed by atoms with E-state index in [1.807, 2.05) is 0 Å². The standard InChI is InChI=1S/C13H19N3O4/c1-20-12-3-2-8(14)4-9(12)15-13(19)7-16-5-10(17)11(18)6-16/h2-4,10-11,17-18H,5-7,14H2,1H3,(H,15,19). The zero-order chi connectivity index (χ0) is 14.7. The number of benzene rings is 1. The molecule has 0 saturated carbocycles. The maximum atomic E-state index is 11.9. The Morgan fingerprint density at radius 1 is 1.45 bits per heavy atom. The predicted molar refractivity (Wildman–Crippen MR) is 74.5 cm³/mol. The second-order valence-electron chi connectivity index (χ2n) is 4.84. The van der Waals surface area contributed by atoms with Gasteiger partial charge in [0.2, 0.25) is 5.91 Å². The summed E-state index contributed by atoms with van der Waals surface area (Å²) in [5, 5.41) is 21.6. The number of rotatable bonds is 4. The molecule has 1 saturated heterocycles. The van der Waals surface area contributed by atoms with E-state index in [0.717, 1.165) is 0 Å². The molecule has 0 aliphatic carbocycles. The Morgan fingerprint density at radius 3 is 2.70 bits per heavy atom. The highest BCUT2D eigenvalue weighted by molar-refractivity contribution is 5.94. The molecule has 1 aliphatic heterocycles. The summed E-state index contributed by atoms with van der Waals surface area (Å²) in [5.74, 6) is 0.268. The number of methoxy groups -OCH3 is 1. The number of ether oxygens (including phenoxy) is 1. The number of nitrogens with one attached hydrogen (secondary N) is 1. The summed E-state index contributed by atoms with van der Waals surface area (Å²) < 4.78 is 5.14. The first-order valence-corrected chi connectivity index (χ1v) is 6.31. The number of nitrogen functional groups attached to an aromatic ring is 1. The zero-order valence-electron chi connectivity index (χ0n) is 11.2. The van der Waals surface area contributed by atoms with Crippen LogP contribution in [0.1, 0.15) is 0 Å². The van der Waals surface area contributed by atoms with E-state index < -0.39 is 12.2 Å². The van der Waals surface area contributed by atoms with Crippen LogP contribution in [0.4, 0.5) is 11.4 Å². The fourth-order valence-electron chi connectivity index (χ4n) is 2.19. The maximum Gasteiger partial charge on any atom is 0.238 e. The number of carbonyl (C=O) groups is 1. The van der Waals surface area contributed by atoms with Crippen molar-refractivity contribution in [3.8, 4) is 5.75 Å². The normalized spacial score (nSPS) is 22.8. The van der Waals surface area contributed by atoms with E-state index in [-0.39, 0.29) is 25.5 Å². The number of nitrogens with zero attached hydrogens (tertiary/aromatic N) is 1. The smallest absolute Gasteiger partial charge is 0.238 e. The lowest BCUT2D eigenvalue weighted by Crippen LogP contribution is -2.32. The van der Waals surface area contributed by atoms with Gasteiger partial charge >= 0.3 is 0 Å². The highest BCUT2D eigenvalue weighted by Crippen LogP contribution is 2.26. The number of nitrogens with two attached hydrogens (primary N) is 1. The Kier molecular flexibility index (Phi) is 4.43. The molecule has 7 heteroatoms. The number of anilines is 2. The number of β-amino-alcohol motifs (C(OH)–C–C–N with tert-alkyl or cyclic N) is 2. The van der Waals surface area contributed by atoms with Crippen molar-refractivity contribution < 1.29 is 19.7 Å². The van der Waals surface area contributed by atoms with Crippen molar-refractivity contribution in [1.29, 1.82) is 0 Å². The molecule has 5 N–H and O–H groups in total. The molecule has 0 aromatic heterocycles. The number of likely N-dealkylation sites (tertiary alicyclic amines) is 1. The Balaban J connectivity index is 1.96. The molecule has 2 rings (SSSR count). The van der Waals surface area contributed by atoms with Gasteiger partial charge in [0.15, 0.2) is 0 Å². The lowest BCUT2D eigenvalue weighted by atomic mass is 10.2. The summed E-state index contributed by atoms with van der Waals surface area (Å²) in [6.45, 7) is 0.650. The van der Waals surface area contributed by atoms with Gasteiger partial charge in [-0.25, -0.2) is 0 Å². The Labute approximate surface area is 116 Å². The van der Waals surface area contributed by atoms with Gasteiger partial charge in [-0.2, -0.15) is 0 Å². The van der Waals surface area contributed by atoms with Crippen molar-refractivity contribution in [2.75, 3.05) is 37.8 Å². The molecule has 2 unspecified atom stereocenters. The van der Waals surface area contributed by atoms with Gasteiger partial charge in [0.1, 0.15) is 5.75 Å². The highest BCUT2D eigenvalue weighted by atomic mass is 16.5. The number of carbonyl (C=O) groups excluding carboxylic acids is 1. The summed E-state index contributed by atoms with van der Waals surface area (Å²) in [5.41, 5.74) is 6.69. The highest BCUT2D eigenvalue weighted by Gasteiger charge is 2.30. The number of hydrogen-bond acceptors (Lipinski definition) is 6. The third kappa shape index (κ3) is 3.38. The van der Waals surface area contributed by atoms with Gasteiger partial charge in [-0.1, -0.05) is 0 Å². The zero-order valence-corrected chi connectivity index (χ0v) is 11.2. The SMILES string of the molecule is COc1ccc(N)cc1NC(=O)CN1CC(O)C(O)C1. The largest absolute Gasteiger partial charge is 0.495 e. The lowest BCUT2D eigenvalue weighted by Gasteiger charge is -2.15. The van der Waals surface area contributed by atoms with Crippen LogP contribution in [0.5, 0.6) is 5.75 Å². The number of aliphatic hydroxyl groups is 2. The average molecular weight is 281 g/mol. The van der Waals surface area contributed by atoms with E-state index in [4.69, 9.17) is 10.5 Å². The molecular formula is C13H19N3O4. The molecule has 2 atom stereocenters. The van der Waals surface area contributed by atoms with Crippen LogP contribution in [0.2, 0.25) is 0 Å². The molecule has 1 aromatic rings. The van der Waals surface area contributed by atoms with Gasteiger partial charge in [0, 0.05) is 18.8 Å². The van der Waals surface area contributed by atoms with Crippen LogP contribution in [0, 0.1) is 0 Å². The van der Waals surface area contributed by atoms with Crippen molar-refractivity contribution in [2.24, 2.45) is 0 Å². The third-order valence-corrected chi connectivity index (χ3v) is 3.20. The van der Waals surface area contributed by atoms with Gasteiger partial charge < -0.3 is 26.0 Å². The Morgan fingerprint density at radius 2 is 2.10 bits per heavy atom. The van der Waals surface area contributed by atoms with Gasteiger partial charge in [-0.3, -0.25) is 9.69 Å². The topological polar surface area (TPSA) is 108 Å². The molecule has 1 amide bonds. The molecule has 1 aliphatic rings. The van der Waals surface area contributed by atoms with E-state index in [2.05, 4.69) is 5.32 Å². The van der Waals surface area contributed by atoms with Crippen molar-refractivity contribution in [1.82, 2.24) is 4.90 Å².